The predicted octanol–water partition coefficient (Wildman–Crippen LogP) is 3.06. The lowest BCUT2D eigenvalue weighted by molar-refractivity contribution is -0.122. The Balaban J connectivity index is 0.000000921. The highest BCUT2D eigenvalue weighted by Crippen LogP contribution is 2.27. The van der Waals surface area contributed by atoms with Gasteiger partial charge in [0, 0.05) is 23.9 Å². The Kier molecular flexibility index (Phi) is 5.39. The van der Waals surface area contributed by atoms with Crippen molar-refractivity contribution in [1.29, 1.82) is 0 Å². The zero-order valence-corrected chi connectivity index (χ0v) is 10.0. The molecule has 0 aliphatic carbocycles. The topological polar surface area (TPSA) is 20.3 Å². The van der Waals surface area contributed by atoms with E-state index in [4.69, 9.17) is 0 Å². The Morgan fingerprint density at radius 1 is 1.27 bits per heavy atom. The lowest BCUT2D eigenvalue weighted by Crippen LogP contribution is -2.19. The van der Waals surface area contributed by atoms with Crippen molar-refractivity contribution in [2.75, 3.05) is 7.05 Å². The van der Waals surface area contributed by atoms with Gasteiger partial charge in [-0.1, -0.05) is 45.2 Å². The molecule has 0 spiro atoms. The number of carbonyl (C=O) groups is 1. The van der Waals surface area contributed by atoms with E-state index in [9.17, 15) is 4.79 Å². The van der Waals surface area contributed by atoms with Crippen LogP contribution < -0.4 is 0 Å². The Morgan fingerprint density at radius 2 is 1.80 bits per heavy atom. The monoisotopic (exact) mass is 205 g/mol. The number of carbonyl (C=O) groups excluding carboxylic acids is 1. The molecule has 1 aliphatic heterocycles. The number of likely N-dealkylation sites (N-methyl/N-ethyl adjacent to an activating group) is 1. The summed E-state index contributed by atoms with van der Waals surface area (Å²) in [5.74, 6) is -0.0157. The van der Waals surface area contributed by atoms with Gasteiger partial charge in [-0.05, 0) is 6.92 Å². The Labute approximate surface area is 92.3 Å². The van der Waals surface area contributed by atoms with E-state index in [1.165, 1.54) is 4.90 Å². The zero-order valence-electron chi connectivity index (χ0n) is 10.0. The molecular formula is C13H19NO. The fourth-order valence-corrected chi connectivity index (χ4v) is 1.31. The summed E-state index contributed by atoms with van der Waals surface area (Å²) in [5, 5.41) is 0. The Morgan fingerprint density at radius 3 is 2.20 bits per heavy atom. The summed E-state index contributed by atoms with van der Waals surface area (Å²) in [6, 6.07) is 0. The molecule has 1 amide bonds. The van der Waals surface area contributed by atoms with Gasteiger partial charge in [0.15, 0.2) is 0 Å². The molecular weight excluding hydrogens is 186 g/mol. The highest BCUT2D eigenvalue weighted by molar-refractivity contribution is 6.03. The van der Waals surface area contributed by atoms with E-state index in [2.05, 4.69) is 13.2 Å². The second kappa shape index (κ2) is 6.02. The van der Waals surface area contributed by atoms with Crippen LogP contribution in [0.5, 0.6) is 0 Å². The summed E-state index contributed by atoms with van der Waals surface area (Å²) in [7, 11) is 1.71. The third kappa shape index (κ3) is 2.46. The second-order valence-electron chi connectivity index (χ2n) is 2.84. The van der Waals surface area contributed by atoms with E-state index in [1.807, 2.05) is 26.8 Å². The van der Waals surface area contributed by atoms with Crippen molar-refractivity contribution < 1.29 is 4.79 Å². The molecule has 0 radical (unpaired) electrons. The van der Waals surface area contributed by atoms with Gasteiger partial charge in [-0.15, -0.1) is 0 Å². The van der Waals surface area contributed by atoms with E-state index in [0.29, 0.717) is 11.3 Å². The van der Waals surface area contributed by atoms with Crippen LogP contribution in [0, 0.1) is 0 Å². The Bertz CT molecular complexity index is 334. The van der Waals surface area contributed by atoms with E-state index in [-0.39, 0.29) is 5.91 Å². The molecule has 0 N–H and O–H groups in total. The molecule has 0 saturated heterocycles. The quantitative estimate of drug-likeness (QED) is 0.678. The first kappa shape index (κ1) is 13.4. The van der Waals surface area contributed by atoms with E-state index in [1.54, 1.807) is 19.2 Å². The van der Waals surface area contributed by atoms with Crippen molar-refractivity contribution in [3.63, 3.8) is 0 Å². The summed E-state index contributed by atoms with van der Waals surface area (Å²) < 4.78 is 0. The van der Waals surface area contributed by atoms with Gasteiger partial charge in [0.05, 0.1) is 0 Å². The molecule has 15 heavy (non-hydrogen) atoms. The van der Waals surface area contributed by atoms with Crippen LogP contribution in [0.2, 0.25) is 0 Å². The predicted molar refractivity (Wildman–Crippen MR) is 65.3 cm³/mol. The molecule has 82 valence electrons. The van der Waals surface area contributed by atoms with Crippen LogP contribution in [0.1, 0.15) is 20.8 Å². The second-order valence-corrected chi connectivity index (χ2v) is 2.84. The maximum Gasteiger partial charge on any atom is 0.258 e. The fourth-order valence-electron chi connectivity index (χ4n) is 1.31. The van der Waals surface area contributed by atoms with Crippen molar-refractivity contribution in [3.05, 3.63) is 48.2 Å². The zero-order chi connectivity index (χ0) is 12.0. The summed E-state index contributed by atoms with van der Waals surface area (Å²) in [6.07, 6.45) is 5.29. The standard InChI is InChI=1S/C11H13NO.C2H6/c1-5-7-10-9(6-2)8(3)12(4)11(10)13;1-2/h5-7H,2-3H2,1,4H3;1-2H3/b7-5-;. The summed E-state index contributed by atoms with van der Waals surface area (Å²) in [5.41, 5.74) is 2.21. The normalized spacial score (nSPS) is 15.9. The van der Waals surface area contributed by atoms with Gasteiger partial charge >= 0.3 is 0 Å². The maximum absolute atomic E-state index is 11.6. The van der Waals surface area contributed by atoms with Crippen LogP contribution in [0.3, 0.4) is 0 Å². The van der Waals surface area contributed by atoms with Crippen molar-refractivity contribution in [2.24, 2.45) is 0 Å². The van der Waals surface area contributed by atoms with Crippen LogP contribution in [-0.2, 0) is 4.79 Å². The van der Waals surface area contributed by atoms with E-state index < -0.39 is 0 Å². The first-order valence-electron chi connectivity index (χ1n) is 5.10. The maximum atomic E-state index is 11.6. The molecule has 0 aromatic rings. The first-order chi connectivity index (χ1) is 7.13. The van der Waals surface area contributed by atoms with Crippen LogP contribution in [0.4, 0.5) is 0 Å². The minimum Gasteiger partial charge on any atom is -0.311 e. The van der Waals surface area contributed by atoms with Crippen molar-refractivity contribution in [2.45, 2.75) is 20.8 Å². The molecule has 0 atom stereocenters. The van der Waals surface area contributed by atoms with Gasteiger partial charge in [-0.25, -0.2) is 0 Å². The van der Waals surface area contributed by atoms with Gasteiger partial charge in [0.1, 0.15) is 0 Å². The number of rotatable bonds is 2. The Hall–Kier alpha value is -1.57. The lowest BCUT2D eigenvalue weighted by Gasteiger charge is -2.09. The lowest BCUT2D eigenvalue weighted by atomic mass is 10.1. The molecule has 0 aromatic carbocycles. The molecule has 1 aliphatic rings. The van der Waals surface area contributed by atoms with Gasteiger partial charge in [-0.3, -0.25) is 4.79 Å². The molecule has 0 saturated carbocycles. The number of nitrogens with zero attached hydrogens (tertiary/aromatic N) is 1. The van der Waals surface area contributed by atoms with Crippen molar-refractivity contribution in [1.82, 2.24) is 4.90 Å². The van der Waals surface area contributed by atoms with E-state index >= 15 is 0 Å². The smallest absolute Gasteiger partial charge is 0.258 e. The van der Waals surface area contributed by atoms with Crippen LogP contribution in [-0.4, -0.2) is 17.9 Å². The van der Waals surface area contributed by atoms with Crippen LogP contribution in [0.25, 0.3) is 0 Å². The summed E-state index contributed by atoms with van der Waals surface area (Å²) >= 11 is 0. The average Bonchev–Trinajstić information content (AvgIpc) is 2.47. The number of allylic oxidation sites excluding steroid dienone is 2. The summed E-state index contributed by atoms with van der Waals surface area (Å²) in [6.45, 7) is 13.4. The third-order valence-corrected chi connectivity index (χ3v) is 2.08. The number of hydrogen-bond donors (Lipinski definition) is 0. The van der Waals surface area contributed by atoms with Crippen LogP contribution >= 0.6 is 0 Å². The highest BCUT2D eigenvalue weighted by atomic mass is 16.2. The number of hydrogen-bond acceptors (Lipinski definition) is 1. The van der Waals surface area contributed by atoms with Crippen molar-refractivity contribution >= 4 is 5.91 Å². The van der Waals surface area contributed by atoms with Crippen molar-refractivity contribution in [3.8, 4) is 0 Å². The summed E-state index contributed by atoms with van der Waals surface area (Å²) in [4.78, 5) is 13.1. The first-order valence-corrected chi connectivity index (χ1v) is 5.10. The SMILES string of the molecule is C=CC1=C(/C=C\C)C(=O)N(C)C1=C.CC. The molecule has 1 heterocycles. The molecule has 2 nitrogen and oxygen atoms in total. The third-order valence-electron chi connectivity index (χ3n) is 2.08. The highest BCUT2D eigenvalue weighted by Gasteiger charge is 2.27. The van der Waals surface area contributed by atoms with E-state index in [0.717, 1.165) is 5.57 Å². The number of amides is 1. The molecule has 0 fully saturated rings. The average molecular weight is 205 g/mol. The minimum atomic E-state index is -0.0157. The molecule has 0 aromatic heterocycles. The van der Waals surface area contributed by atoms with Crippen LogP contribution in [0.15, 0.2) is 48.2 Å². The minimum absolute atomic E-state index is 0.0157. The van der Waals surface area contributed by atoms with Gasteiger partial charge < -0.3 is 4.90 Å². The van der Waals surface area contributed by atoms with Gasteiger partial charge in [-0.2, -0.15) is 0 Å². The molecule has 0 bridgehead atoms. The molecule has 1 rings (SSSR count). The largest absolute Gasteiger partial charge is 0.311 e. The van der Waals surface area contributed by atoms with Gasteiger partial charge in [0.25, 0.3) is 5.91 Å². The molecule has 0 unspecified atom stereocenters. The van der Waals surface area contributed by atoms with Gasteiger partial charge in [0.2, 0.25) is 0 Å². The fraction of sp³-hybridized carbons (Fsp3) is 0.308. The molecule has 2 heteroatoms.